The largest absolute Gasteiger partial charge is 0.354 e. The summed E-state index contributed by atoms with van der Waals surface area (Å²) in [4.78, 5) is 29.7. The highest BCUT2D eigenvalue weighted by molar-refractivity contribution is 9.10. The molecule has 0 aliphatic rings. The Balaban J connectivity index is 1.86. The predicted octanol–water partition coefficient (Wildman–Crippen LogP) is 6.10. The number of rotatable bonds is 12. The van der Waals surface area contributed by atoms with Gasteiger partial charge in [-0.05, 0) is 41.8 Å². The molecule has 2 amide bonds. The summed E-state index contributed by atoms with van der Waals surface area (Å²) in [6.07, 6.45) is 2.38. The van der Waals surface area contributed by atoms with Crippen molar-refractivity contribution in [1.82, 2.24) is 10.2 Å². The number of halogens is 1. The monoisotopic (exact) mass is 538 g/mol. The summed E-state index contributed by atoms with van der Waals surface area (Å²) in [5.41, 5.74) is 2.02. The van der Waals surface area contributed by atoms with Crippen molar-refractivity contribution in [3.05, 3.63) is 101 Å². The van der Waals surface area contributed by atoms with Crippen LogP contribution < -0.4 is 5.32 Å². The molecule has 0 heterocycles. The molecule has 4 nitrogen and oxygen atoms in total. The molecule has 0 unspecified atom stereocenters. The van der Waals surface area contributed by atoms with E-state index in [4.69, 9.17) is 0 Å². The van der Waals surface area contributed by atoms with Crippen LogP contribution >= 0.6 is 27.7 Å². The lowest BCUT2D eigenvalue weighted by Gasteiger charge is -2.31. The van der Waals surface area contributed by atoms with Gasteiger partial charge in [-0.25, -0.2) is 0 Å². The molecule has 0 saturated carbocycles. The number of amides is 2. The molecule has 1 N–H and O–H groups in total. The maximum absolute atomic E-state index is 13.6. The number of unbranched alkanes of at least 4 members (excludes halogenated alkanes) is 1. The Morgan fingerprint density at radius 3 is 2.21 bits per heavy atom. The average molecular weight is 540 g/mol. The number of nitrogens with zero attached hydrogens (tertiary/aromatic N) is 1. The summed E-state index contributed by atoms with van der Waals surface area (Å²) in [5.74, 6) is 0.115. The van der Waals surface area contributed by atoms with Gasteiger partial charge >= 0.3 is 0 Å². The minimum atomic E-state index is -0.591. The lowest BCUT2D eigenvalue weighted by Crippen LogP contribution is -2.51. The van der Waals surface area contributed by atoms with Crippen LogP contribution in [0.25, 0.3) is 0 Å². The first-order chi connectivity index (χ1) is 16.6. The highest BCUT2D eigenvalue weighted by Gasteiger charge is 2.30. The van der Waals surface area contributed by atoms with Gasteiger partial charge in [0.05, 0.1) is 5.75 Å². The number of hydrogen-bond donors (Lipinski definition) is 1. The van der Waals surface area contributed by atoms with Gasteiger partial charge in [0.15, 0.2) is 0 Å². The van der Waals surface area contributed by atoms with E-state index in [0.29, 0.717) is 19.5 Å². The fraction of sp³-hybridized carbons (Fsp3) is 0.286. The number of benzene rings is 3. The summed E-state index contributed by atoms with van der Waals surface area (Å²) in [7, 11) is 0. The van der Waals surface area contributed by atoms with E-state index in [1.54, 1.807) is 4.90 Å². The fourth-order valence-electron chi connectivity index (χ4n) is 3.59. The van der Waals surface area contributed by atoms with E-state index in [0.717, 1.165) is 33.3 Å². The van der Waals surface area contributed by atoms with Crippen LogP contribution in [0.3, 0.4) is 0 Å². The van der Waals surface area contributed by atoms with Crippen LogP contribution in [0.1, 0.15) is 30.9 Å². The molecule has 0 spiro atoms. The van der Waals surface area contributed by atoms with E-state index in [-0.39, 0.29) is 17.6 Å². The molecule has 3 rings (SSSR count). The zero-order valence-electron chi connectivity index (χ0n) is 19.5. The molecule has 1 atom stereocenters. The van der Waals surface area contributed by atoms with Gasteiger partial charge in [0, 0.05) is 28.9 Å². The van der Waals surface area contributed by atoms with Gasteiger partial charge in [0.1, 0.15) is 6.04 Å². The molecule has 34 heavy (non-hydrogen) atoms. The van der Waals surface area contributed by atoms with Crippen molar-refractivity contribution < 1.29 is 9.59 Å². The minimum Gasteiger partial charge on any atom is -0.354 e. The van der Waals surface area contributed by atoms with Gasteiger partial charge in [0.2, 0.25) is 11.8 Å². The Morgan fingerprint density at radius 2 is 1.56 bits per heavy atom. The molecular weight excluding hydrogens is 508 g/mol. The summed E-state index contributed by atoms with van der Waals surface area (Å²) >= 11 is 4.97. The van der Waals surface area contributed by atoms with Crippen LogP contribution in [0.2, 0.25) is 0 Å². The zero-order chi connectivity index (χ0) is 24.2. The van der Waals surface area contributed by atoms with Crippen LogP contribution in [-0.2, 0) is 22.6 Å². The van der Waals surface area contributed by atoms with E-state index >= 15 is 0 Å². The number of carbonyl (C=O) groups excluding carboxylic acids is 2. The molecule has 3 aromatic carbocycles. The summed E-state index contributed by atoms with van der Waals surface area (Å²) in [6, 6.07) is 27.1. The first kappa shape index (κ1) is 26.0. The Kier molecular flexibility index (Phi) is 10.7. The predicted molar refractivity (Wildman–Crippen MR) is 144 cm³/mol. The number of nitrogens with one attached hydrogen (secondary N) is 1. The molecule has 6 heteroatoms. The molecule has 0 aliphatic carbocycles. The van der Waals surface area contributed by atoms with Gasteiger partial charge in [-0.3, -0.25) is 9.59 Å². The molecule has 0 aromatic heterocycles. The second-order valence-electron chi connectivity index (χ2n) is 8.10. The van der Waals surface area contributed by atoms with E-state index in [9.17, 15) is 9.59 Å². The zero-order valence-corrected chi connectivity index (χ0v) is 21.9. The number of carbonyl (C=O) groups is 2. The summed E-state index contributed by atoms with van der Waals surface area (Å²) in [6.45, 7) is 3.08. The van der Waals surface area contributed by atoms with E-state index in [1.165, 1.54) is 11.8 Å². The van der Waals surface area contributed by atoms with Crippen molar-refractivity contribution in [2.75, 3.05) is 12.3 Å². The van der Waals surface area contributed by atoms with Crippen LogP contribution in [0, 0.1) is 0 Å². The average Bonchev–Trinajstić information content (AvgIpc) is 2.87. The third-order valence-electron chi connectivity index (χ3n) is 5.47. The molecule has 0 saturated heterocycles. The molecule has 0 aliphatic heterocycles. The Bertz CT molecular complexity index is 1030. The second kappa shape index (κ2) is 14.0. The van der Waals surface area contributed by atoms with Gasteiger partial charge in [-0.2, -0.15) is 0 Å². The standard InChI is InChI=1S/C28H31BrN2O2S/c1-2-3-18-30-28(33)26(19-22-10-6-4-7-11-22)31(20-23-14-16-24(29)17-15-23)27(32)21-34-25-12-8-5-9-13-25/h4-17,26H,2-3,18-21H2,1H3,(H,30,33)/t26-/m1/s1. The van der Waals surface area contributed by atoms with Crippen LogP contribution in [0.15, 0.2) is 94.3 Å². The molecule has 0 fully saturated rings. The third-order valence-corrected chi connectivity index (χ3v) is 7.00. The van der Waals surface area contributed by atoms with Crippen LogP contribution in [0.5, 0.6) is 0 Å². The summed E-state index contributed by atoms with van der Waals surface area (Å²) in [5, 5.41) is 3.06. The van der Waals surface area contributed by atoms with Crippen LogP contribution in [-0.4, -0.2) is 35.1 Å². The van der Waals surface area contributed by atoms with Crippen LogP contribution in [0.4, 0.5) is 0 Å². The van der Waals surface area contributed by atoms with E-state index in [2.05, 4.69) is 28.2 Å². The summed E-state index contributed by atoms with van der Waals surface area (Å²) < 4.78 is 0.979. The fourth-order valence-corrected chi connectivity index (χ4v) is 4.66. The second-order valence-corrected chi connectivity index (χ2v) is 10.1. The molecule has 0 bridgehead atoms. The van der Waals surface area contributed by atoms with Crippen molar-refractivity contribution in [2.45, 2.75) is 43.7 Å². The maximum atomic E-state index is 13.6. The van der Waals surface area contributed by atoms with Gasteiger partial charge < -0.3 is 10.2 Å². The van der Waals surface area contributed by atoms with E-state index < -0.39 is 6.04 Å². The SMILES string of the molecule is CCCCNC(=O)[C@@H](Cc1ccccc1)N(Cc1ccc(Br)cc1)C(=O)CSc1ccccc1. The third kappa shape index (κ3) is 8.33. The minimum absolute atomic E-state index is 0.0525. The van der Waals surface area contributed by atoms with Gasteiger partial charge in [-0.1, -0.05) is 89.9 Å². The number of thioether (sulfide) groups is 1. The lowest BCUT2D eigenvalue weighted by atomic mass is 10.0. The van der Waals surface area contributed by atoms with E-state index in [1.807, 2.05) is 84.9 Å². The smallest absolute Gasteiger partial charge is 0.243 e. The number of hydrogen-bond acceptors (Lipinski definition) is 3. The first-order valence-corrected chi connectivity index (χ1v) is 13.4. The topological polar surface area (TPSA) is 49.4 Å². The maximum Gasteiger partial charge on any atom is 0.243 e. The quantitative estimate of drug-likeness (QED) is 0.224. The lowest BCUT2D eigenvalue weighted by molar-refractivity contribution is -0.139. The molecule has 0 radical (unpaired) electrons. The van der Waals surface area contributed by atoms with Crippen molar-refractivity contribution in [2.24, 2.45) is 0 Å². The Morgan fingerprint density at radius 1 is 0.912 bits per heavy atom. The molecule has 3 aromatic rings. The van der Waals surface area contributed by atoms with Crippen molar-refractivity contribution in [3.8, 4) is 0 Å². The molecular formula is C28H31BrN2O2S. The van der Waals surface area contributed by atoms with Gasteiger partial charge in [-0.15, -0.1) is 11.8 Å². The first-order valence-electron chi connectivity index (χ1n) is 11.6. The Labute approximate surface area is 215 Å². The van der Waals surface area contributed by atoms with Crippen molar-refractivity contribution in [3.63, 3.8) is 0 Å². The normalized spacial score (nSPS) is 11.6. The van der Waals surface area contributed by atoms with Gasteiger partial charge in [0.25, 0.3) is 0 Å². The van der Waals surface area contributed by atoms with Crippen molar-refractivity contribution >= 4 is 39.5 Å². The van der Waals surface area contributed by atoms with Crippen molar-refractivity contribution in [1.29, 1.82) is 0 Å². The highest BCUT2D eigenvalue weighted by Crippen LogP contribution is 2.21. The Hall–Kier alpha value is -2.57. The highest BCUT2D eigenvalue weighted by atomic mass is 79.9. The molecule has 178 valence electrons.